The number of hydrogen-bond donors (Lipinski definition) is 2. The average molecular weight is 503 g/mol. The van der Waals surface area contributed by atoms with Crippen LogP contribution in [0.25, 0.3) is 0 Å². The van der Waals surface area contributed by atoms with Gasteiger partial charge in [-0.25, -0.2) is 14.5 Å². The third kappa shape index (κ3) is 5.71. The standard InChI is InChI=1S/C28H30N4O5/c33-26-15-21(37-24-11-5-9-19-8-3-4-10-22(19)24)17-30-32(26)23(14-18-6-1-2-7-18)27(34)31-25-13-12-20(16-29-25)28(35)36/h5,9,11-13,15-18,23H,1-4,6-8,10,14H2,(H,35,36)(H,29,31,34)/t23-/m0/s1. The van der Waals surface area contributed by atoms with E-state index in [0.29, 0.717) is 18.1 Å². The molecule has 9 nitrogen and oxygen atoms in total. The maximum absolute atomic E-state index is 13.3. The van der Waals surface area contributed by atoms with Crippen LogP contribution in [-0.4, -0.2) is 31.7 Å². The summed E-state index contributed by atoms with van der Waals surface area (Å²) in [5.74, 6) is 0.103. The lowest BCUT2D eigenvalue weighted by Crippen LogP contribution is -2.36. The van der Waals surface area contributed by atoms with E-state index in [1.54, 1.807) is 0 Å². The molecule has 0 radical (unpaired) electrons. The molecule has 0 unspecified atom stereocenters. The molecule has 0 spiro atoms. The Morgan fingerprint density at radius 2 is 1.89 bits per heavy atom. The van der Waals surface area contributed by atoms with Crippen molar-refractivity contribution >= 4 is 17.7 Å². The van der Waals surface area contributed by atoms with Gasteiger partial charge >= 0.3 is 5.97 Å². The molecule has 1 atom stereocenters. The number of carbonyl (C=O) groups is 2. The number of fused-ring (bicyclic) bond motifs is 1. The molecule has 1 saturated carbocycles. The third-order valence-corrected chi connectivity index (χ3v) is 7.27. The van der Waals surface area contributed by atoms with Gasteiger partial charge in [0.25, 0.3) is 11.5 Å². The number of carboxylic acid groups (broad SMARTS) is 1. The summed E-state index contributed by atoms with van der Waals surface area (Å²) in [4.78, 5) is 41.6. The number of ether oxygens (including phenoxy) is 1. The second kappa shape index (κ2) is 10.9. The van der Waals surface area contributed by atoms with Crippen LogP contribution in [0.2, 0.25) is 0 Å². The summed E-state index contributed by atoms with van der Waals surface area (Å²) in [5, 5.41) is 16.1. The predicted molar refractivity (Wildman–Crippen MR) is 137 cm³/mol. The molecule has 0 aliphatic heterocycles. The van der Waals surface area contributed by atoms with Crippen LogP contribution < -0.4 is 15.6 Å². The maximum atomic E-state index is 13.3. The monoisotopic (exact) mass is 502 g/mol. The van der Waals surface area contributed by atoms with Crippen molar-refractivity contribution in [3.05, 3.63) is 75.8 Å². The molecule has 5 rings (SSSR count). The summed E-state index contributed by atoms with van der Waals surface area (Å²) in [5.41, 5.74) is 2.06. The van der Waals surface area contributed by atoms with Crippen molar-refractivity contribution in [1.29, 1.82) is 0 Å². The van der Waals surface area contributed by atoms with Crippen LogP contribution in [0.4, 0.5) is 5.82 Å². The average Bonchev–Trinajstić information content (AvgIpc) is 3.42. The van der Waals surface area contributed by atoms with Crippen molar-refractivity contribution in [2.45, 2.75) is 63.8 Å². The molecular weight excluding hydrogens is 472 g/mol. The van der Waals surface area contributed by atoms with Gasteiger partial charge in [-0.3, -0.25) is 9.59 Å². The summed E-state index contributed by atoms with van der Waals surface area (Å²) in [7, 11) is 0. The lowest BCUT2D eigenvalue weighted by atomic mass is 9.91. The van der Waals surface area contributed by atoms with Gasteiger partial charge in [-0.1, -0.05) is 37.8 Å². The highest BCUT2D eigenvalue weighted by molar-refractivity contribution is 5.93. The number of rotatable bonds is 8. The number of aryl methyl sites for hydroxylation is 1. The molecular formula is C28H30N4O5. The van der Waals surface area contributed by atoms with E-state index in [0.717, 1.165) is 57.1 Å². The Balaban J connectivity index is 1.38. The Labute approximate surface area is 214 Å². The molecule has 0 bridgehead atoms. The molecule has 192 valence electrons. The number of carbonyl (C=O) groups excluding carboxylic acids is 1. The van der Waals surface area contributed by atoms with E-state index in [4.69, 9.17) is 9.84 Å². The number of aromatic nitrogens is 3. The first-order chi connectivity index (χ1) is 18.0. The fourth-order valence-electron chi connectivity index (χ4n) is 5.34. The van der Waals surface area contributed by atoms with Gasteiger partial charge in [0.1, 0.15) is 17.6 Å². The first-order valence-corrected chi connectivity index (χ1v) is 12.9. The fourth-order valence-corrected chi connectivity index (χ4v) is 5.34. The number of carboxylic acids is 1. The van der Waals surface area contributed by atoms with Gasteiger partial charge in [-0.2, -0.15) is 5.10 Å². The van der Waals surface area contributed by atoms with Gasteiger partial charge in [0.15, 0.2) is 5.75 Å². The van der Waals surface area contributed by atoms with Gasteiger partial charge in [-0.05, 0) is 67.3 Å². The first kappa shape index (κ1) is 24.7. The SMILES string of the molecule is O=C(O)c1ccc(NC(=O)[C@H](CC2CCCC2)n2ncc(Oc3cccc4c3CCCC4)cc2=O)nc1. The maximum Gasteiger partial charge on any atom is 0.337 e. The van der Waals surface area contributed by atoms with Crippen LogP contribution >= 0.6 is 0 Å². The van der Waals surface area contributed by atoms with Gasteiger partial charge in [0.05, 0.1) is 11.8 Å². The Bertz CT molecular complexity index is 1350. The summed E-state index contributed by atoms with van der Waals surface area (Å²) in [6.07, 6.45) is 11.6. The van der Waals surface area contributed by atoms with Gasteiger partial charge in [-0.15, -0.1) is 0 Å². The topological polar surface area (TPSA) is 123 Å². The minimum atomic E-state index is -1.10. The lowest BCUT2D eigenvalue weighted by Gasteiger charge is -2.22. The molecule has 1 amide bonds. The second-order valence-corrected chi connectivity index (χ2v) is 9.81. The fraction of sp³-hybridized carbons (Fsp3) is 0.393. The van der Waals surface area contributed by atoms with E-state index in [1.807, 2.05) is 12.1 Å². The molecule has 0 saturated heterocycles. The molecule has 2 N–H and O–H groups in total. The van der Waals surface area contributed by atoms with Crippen molar-refractivity contribution in [3.63, 3.8) is 0 Å². The van der Waals surface area contributed by atoms with Gasteiger partial charge in [0.2, 0.25) is 0 Å². The summed E-state index contributed by atoms with van der Waals surface area (Å²) in [6, 6.07) is 9.35. The molecule has 2 aromatic heterocycles. The first-order valence-electron chi connectivity index (χ1n) is 12.9. The van der Waals surface area contributed by atoms with Crippen LogP contribution in [0.1, 0.15) is 72.5 Å². The summed E-state index contributed by atoms with van der Waals surface area (Å²) < 4.78 is 7.29. The van der Waals surface area contributed by atoms with Crippen molar-refractivity contribution in [3.8, 4) is 11.5 Å². The van der Waals surface area contributed by atoms with Crippen LogP contribution in [0.3, 0.4) is 0 Å². The molecule has 37 heavy (non-hydrogen) atoms. The van der Waals surface area contributed by atoms with E-state index in [2.05, 4.69) is 21.5 Å². The second-order valence-electron chi connectivity index (χ2n) is 9.81. The Morgan fingerprint density at radius 1 is 1.08 bits per heavy atom. The van der Waals surface area contributed by atoms with E-state index in [9.17, 15) is 14.4 Å². The molecule has 3 aromatic rings. The van der Waals surface area contributed by atoms with E-state index in [1.165, 1.54) is 46.4 Å². The number of hydrogen-bond acceptors (Lipinski definition) is 6. The molecule has 2 aliphatic rings. The minimum absolute atomic E-state index is 0.0219. The smallest absolute Gasteiger partial charge is 0.337 e. The quantitative estimate of drug-likeness (QED) is 0.455. The molecule has 1 fully saturated rings. The van der Waals surface area contributed by atoms with Crippen LogP contribution in [-0.2, 0) is 17.6 Å². The highest BCUT2D eigenvalue weighted by Crippen LogP contribution is 2.33. The predicted octanol–water partition coefficient (Wildman–Crippen LogP) is 4.77. The number of nitrogens with zero attached hydrogens (tertiary/aromatic N) is 3. The van der Waals surface area contributed by atoms with E-state index < -0.39 is 23.5 Å². The van der Waals surface area contributed by atoms with E-state index in [-0.39, 0.29) is 11.4 Å². The number of pyridine rings is 1. The Hall–Kier alpha value is -4.01. The zero-order chi connectivity index (χ0) is 25.8. The number of nitrogens with one attached hydrogen (secondary N) is 1. The molecule has 1 aromatic carbocycles. The van der Waals surface area contributed by atoms with Crippen molar-refractivity contribution < 1.29 is 19.4 Å². The lowest BCUT2D eigenvalue weighted by molar-refractivity contribution is -0.120. The highest BCUT2D eigenvalue weighted by atomic mass is 16.5. The number of benzene rings is 1. The highest BCUT2D eigenvalue weighted by Gasteiger charge is 2.29. The van der Waals surface area contributed by atoms with E-state index >= 15 is 0 Å². The molecule has 9 heteroatoms. The van der Waals surface area contributed by atoms with Gasteiger partial charge in [0, 0.05) is 12.3 Å². The summed E-state index contributed by atoms with van der Waals surface area (Å²) >= 11 is 0. The zero-order valence-corrected chi connectivity index (χ0v) is 20.6. The largest absolute Gasteiger partial charge is 0.478 e. The van der Waals surface area contributed by atoms with Crippen LogP contribution in [0, 0.1) is 5.92 Å². The number of anilines is 1. The van der Waals surface area contributed by atoms with Crippen molar-refractivity contribution in [1.82, 2.24) is 14.8 Å². The minimum Gasteiger partial charge on any atom is -0.478 e. The molecule has 2 aliphatic carbocycles. The van der Waals surface area contributed by atoms with Crippen LogP contribution in [0.5, 0.6) is 11.5 Å². The number of amides is 1. The normalized spacial score (nSPS) is 16.1. The number of aromatic carboxylic acids is 1. The van der Waals surface area contributed by atoms with Crippen molar-refractivity contribution in [2.24, 2.45) is 5.92 Å². The Morgan fingerprint density at radius 3 is 2.62 bits per heavy atom. The van der Waals surface area contributed by atoms with Crippen molar-refractivity contribution in [2.75, 3.05) is 5.32 Å². The Kier molecular flexibility index (Phi) is 7.30. The third-order valence-electron chi connectivity index (χ3n) is 7.27. The van der Waals surface area contributed by atoms with Crippen LogP contribution in [0.15, 0.2) is 53.6 Å². The summed E-state index contributed by atoms with van der Waals surface area (Å²) in [6.45, 7) is 0. The molecule has 2 heterocycles. The van der Waals surface area contributed by atoms with Gasteiger partial charge < -0.3 is 15.2 Å². The zero-order valence-electron chi connectivity index (χ0n) is 20.6.